The molecule has 2 saturated carbocycles. The van der Waals surface area contributed by atoms with Crippen LogP contribution in [0.4, 0.5) is 9.18 Å². The quantitative estimate of drug-likeness (QED) is 0.135. The number of amides is 1. The lowest BCUT2D eigenvalue weighted by molar-refractivity contribution is -0.345. The van der Waals surface area contributed by atoms with Gasteiger partial charge >= 0.3 is 24.0 Å². The summed E-state index contributed by atoms with van der Waals surface area (Å²) in [5.74, 6) is -3.67. The van der Waals surface area contributed by atoms with E-state index < -0.39 is 120 Å². The Kier molecular flexibility index (Phi) is 12.2. The Bertz CT molecular complexity index is 1890. The summed E-state index contributed by atoms with van der Waals surface area (Å²) < 4.78 is 58.7. The highest BCUT2D eigenvalue weighted by Gasteiger charge is 2.77. The van der Waals surface area contributed by atoms with Crippen molar-refractivity contribution in [2.45, 2.75) is 153 Å². The Morgan fingerprint density at radius 2 is 1.79 bits per heavy atom. The Labute approximate surface area is 355 Å². The third-order valence-electron chi connectivity index (χ3n) is 14.5. The van der Waals surface area contributed by atoms with Crippen LogP contribution in [0.25, 0.3) is 0 Å². The van der Waals surface area contributed by atoms with Gasteiger partial charge in [-0.1, -0.05) is 39.0 Å². The van der Waals surface area contributed by atoms with Crippen molar-refractivity contribution < 1.29 is 72.0 Å². The second-order valence-corrected chi connectivity index (χ2v) is 18.9. The third kappa shape index (κ3) is 7.54. The minimum absolute atomic E-state index is 0.0427. The van der Waals surface area contributed by atoms with Crippen molar-refractivity contribution in [3.63, 3.8) is 0 Å². The Morgan fingerprint density at radius 1 is 1.08 bits per heavy atom. The molecule has 1 aromatic carbocycles. The van der Waals surface area contributed by atoms with E-state index in [2.05, 4.69) is 10.2 Å². The monoisotopic (exact) mass is 860 g/mol. The largest absolute Gasteiger partial charge is 0.456 e. The number of aliphatic hydroxyl groups excluding tert-OH is 1. The van der Waals surface area contributed by atoms with E-state index in [0.717, 1.165) is 13.3 Å². The number of fused-ring (bicyclic) bond motifs is 8. The number of nitrogens with one attached hydrogen (secondary N) is 1. The van der Waals surface area contributed by atoms with Gasteiger partial charge in [-0.25, -0.2) is 18.8 Å². The molecule has 0 aromatic heterocycles. The second-order valence-electron chi connectivity index (χ2n) is 18.9. The maximum atomic E-state index is 14.5. The molecule has 3 aliphatic heterocycles. The van der Waals surface area contributed by atoms with E-state index in [0.29, 0.717) is 37.1 Å². The molecular formula is C44H61FN2O14. The number of likely N-dealkylation sites (tertiary alicyclic amines) is 1. The molecule has 3 aliphatic carbocycles. The summed E-state index contributed by atoms with van der Waals surface area (Å²) in [6, 6.07) is 6.40. The van der Waals surface area contributed by atoms with Gasteiger partial charge in [0.15, 0.2) is 17.5 Å². The lowest BCUT2D eigenvalue weighted by Crippen LogP contribution is -2.79. The molecule has 1 amide bonds. The fourth-order valence-corrected chi connectivity index (χ4v) is 11.0. The molecule has 13 atom stereocenters. The summed E-state index contributed by atoms with van der Waals surface area (Å²) in [5.41, 5.74) is -7.40. The fourth-order valence-electron chi connectivity index (χ4n) is 11.0. The number of ether oxygens (including phenoxy) is 7. The molecule has 61 heavy (non-hydrogen) atoms. The lowest BCUT2D eigenvalue weighted by atomic mass is 9.45. The zero-order valence-electron chi connectivity index (χ0n) is 36.2. The molecular weight excluding hydrogens is 799 g/mol. The molecule has 17 heteroatoms. The number of aliphatic hydroxyl groups is 3. The minimum Gasteiger partial charge on any atom is -0.456 e. The standard InChI is InChI=1S/C44H61FN2O14/c1-23(2)56-39(52)46-29(19-45)42(8,53)38(51)57-28-18-44(54)36(60-37(50)26-12-10-9-11-13-26)34-41(7,16-14-30-43(34,22-55-30)61-25(4)49)35-33(32(24(28)3)40(44,5)6)58-31(59-35)20-47-17-15-27(47)21-48/h9-13,23,27-31,33-36,48,53-54H,14-22H2,1-8H3,(H,46,52)/t27-,28-,29-,30+,31+,33+,34-,35+,36-,41+,42+,43-,44+/m0/s1. The number of hydrogen-bond donors (Lipinski definition) is 4. The van der Waals surface area contributed by atoms with Gasteiger partial charge in [0.1, 0.15) is 36.7 Å². The van der Waals surface area contributed by atoms with Gasteiger partial charge in [0, 0.05) is 43.3 Å². The molecule has 16 nitrogen and oxygen atoms in total. The van der Waals surface area contributed by atoms with Crippen LogP contribution >= 0.6 is 0 Å². The van der Waals surface area contributed by atoms with Crippen molar-refractivity contribution in [2.24, 2.45) is 16.7 Å². The first-order valence-corrected chi connectivity index (χ1v) is 21.3. The van der Waals surface area contributed by atoms with Gasteiger partial charge in [0.05, 0.1) is 42.9 Å². The summed E-state index contributed by atoms with van der Waals surface area (Å²) in [7, 11) is 0. The maximum Gasteiger partial charge on any atom is 0.407 e. The summed E-state index contributed by atoms with van der Waals surface area (Å²) >= 11 is 0. The zero-order valence-corrected chi connectivity index (χ0v) is 36.2. The number of halogens is 1. The van der Waals surface area contributed by atoms with Crippen LogP contribution in [-0.4, -0.2) is 149 Å². The number of rotatable bonds is 12. The van der Waals surface area contributed by atoms with Gasteiger partial charge in [-0.2, -0.15) is 0 Å². The SMILES string of the molecule is CC(=O)O[C@@]12CO[C@@H]1CC[C@@]1(C)[C@@H]3O[C@H](CN4CC[C@H]4CO)O[C@@H]3C3=C(C)[C@@H](OC(=O)[C@](C)(O)[C@H](CF)NC(=O)OC(C)C)C[C@@](O)([C@@H](OC(=O)c4ccccc4)[C@@H]12)C3(C)C. The van der Waals surface area contributed by atoms with Crippen molar-refractivity contribution in [1.29, 1.82) is 0 Å². The molecule has 3 saturated heterocycles. The van der Waals surface area contributed by atoms with Crippen LogP contribution < -0.4 is 5.32 Å². The number of alkyl halides is 1. The molecule has 2 bridgehead atoms. The van der Waals surface area contributed by atoms with Crippen LogP contribution in [0.15, 0.2) is 41.5 Å². The average molecular weight is 861 g/mol. The molecule has 0 unspecified atom stereocenters. The molecule has 1 aromatic rings. The van der Waals surface area contributed by atoms with E-state index in [1.807, 2.05) is 6.92 Å². The van der Waals surface area contributed by atoms with Crippen LogP contribution in [-0.2, 0) is 42.7 Å². The number of carbonyl (C=O) groups excluding carboxylic acids is 4. The predicted molar refractivity (Wildman–Crippen MR) is 212 cm³/mol. The van der Waals surface area contributed by atoms with Crippen molar-refractivity contribution in [1.82, 2.24) is 10.2 Å². The van der Waals surface area contributed by atoms with Crippen LogP contribution in [0.5, 0.6) is 0 Å². The van der Waals surface area contributed by atoms with Crippen LogP contribution in [0, 0.1) is 16.7 Å². The van der Waals surface area contributed by atoms with E-state index in [-0.39, 0.29) is 24.8 Å². The lowest BCUT2D eigenvalue weighted by Gasteiger charge is -2.68. The summed E-state index contributed by atoms with van der Waals surface area (Å²) in [6.07, 6.45) is -6.36. The number of benzene rings is 1. The average Bonchev–Trinajstić information content (AvgIpc) is 3.59. The number of carbonyl (C=O) groups is 4. The van der Waals surface area contributed by atoms with E-state index in [1.54, 1.807) is 65.0 Å². The predicted octanol–water partition coefficient (Wildman–Crippen LogP) is 3.13. The smallest absolute Gasteiger partial charge is 0.407 e. The third-order valence-corrected chi connectivity index (χ3v) is 14.5. The van der Waals surface area contributed by atoms with Gasteiger partial charge in [-0.15, -0.1) is 0 Å². The van der Waals surface area contributed by atoms with Crippen molar-refractivity contribution in [3.8, 4) is 0 Å². The normalized spacial score (nSPS) is 37.8. The number of hydrogen-bond acceptors (Lipinski definition) is 15. The summed E-state index contributed by atoms with van der Waals surface area (Å²) in [5, 5.41) is 37.6. The van der Waals surface area contributed by atoms with Gasteiger partial charge < -0.3 is 53.8 Å². The van der Waals surface area contributed by atoms with Crippen LogP contribution in [0.3, 0.4) is 0 Å². The van der Waals surface area contributed by atoms with E-state index in [4.69, 9.17) is 33.2 Å². The molecule has 338 valence electrons. The van der Waals surface area contributed by atoms with Crippen molar-refractivity contribution in [3.05, 3.63) is 47.0 Å². The molecule has 4 N–H and O–H groups in total. The highest BCUT2D eigenvalue weighted by molar-refractivity contribution is 5.89. The fraction of sp³-hybridized carbons (Fsp3) is 0.727. The minimum atomic E-state index is -2.63. The van der Waals surface area contributed by atoms with E-state index >= 15 is 0 Å². The van der Waals surface area contributed by atoms with Crippen molar-refractivity contribution >= 4 is 24.0 Å². The number of nitrogens with zero attached hydrogens (tertiary/aromatic N) is 1. The van der Waals surface area contributed by atoms with Gasteiger partial charge in [-0.3, -0.25) is 9.69 Å². The first kappa shape index (κ1) is 45.3. The summed E-state index contributed by atoms with van der Waals surface area (Å²) in [4.78, 5) is 56.2. The molecule has 0 radical (unpaired) electrons. The number of esters is 3. The Morgan fingerprint density at radius 3 is 2.36 bits per heavy atom. The van der Waals surface area contributed by atoms with Crippen LogP contribution in [0.2, 0.25) is 0 Å². The Hall–Kier alpha value is -3.71. The first-order chi connectivity index (χ1) is 28.6. The highest BCUT2D eigenvalue weighted by atomic mass is 19.1. The van der Waals surface area contributed by atoms with Gasteiger partial charge in [0.2, 0.25) is 0 Å². The molecule has 5 fully saturated rings. The van der Waals surface area contributed by atoms with Gasteiger partial charge in [-0.05, 0) is 70.2 Å². The topological polar surface area (TPSA) is 209 Å². The summed E-state index contributed by atoms with van der Waals surface area (Å²) in [6.45, 7) is 12.3. The second kappa shape index (κ2) is 16.4. The zero-order chi connectivity index (χ0) is 44.4. The maximum absolute atomic E-state index is 14.5. The number of alkyl carbamates (subject to hydrolysis) is 1. The van der Waals surface area contributed by atoms with Gasteiger partial charge in [0.25, 0.3) is 0 Å². The van der Waals surface area contributed by atoms with E-state index in [9.17, 15) is 38.9 Å². The van der Waals surface area contributed by atoms with Crippen LogP contribution in [0.1, 0.15) is 91.4 Å². The molecule has 0 spiro atoms. The first-order valence-electron chi connectivity index (χ1n) is 21.3. The molecule has 7 rings (SSSR count). The highest BCUT2D eigenvalue weighted by Crippen LogP contribution is 2.66. The molecule has 6 aliphatic rings. The Balaban J connectivity index is 1.39. The van der Waals surface area contributed by atoms with Crippen molar-refractivity contribution in [2.75, 3.05) is 33.0 Å². The molecule has 3 heterocycles. The van der Waals surface area contributed by atoms with E-state index in [1.165, 1.54) is 6.92 Å².